The molecule has 0 amide bonds. The maximum Gasteiger partial charge on any atom is 0.573 e. The summed E-state index contributed by atoms with van der Waals surface area (Å²) >= 11 is 0. The number of benzene rings is 3. The van der Waals surface area contributed by atoms with Gasteiger partial charge in [-0.3, -0.25) is 4.57 Å². The van der Waals surface area contributed by atoms with Gasteiger partial charge in [-0.15, -0.1) is 18.3 Å². The van der Waals surface area contributed by atoms with E-state index in [-0.39, 0.29) is 38.8 Å². The van der Waals surface area contributed by atoms with Crippen molar-refractivity contribution >= 4 is 9.84 Å². The zero-order valence-corrected chi connectivity index (χ0v) is 22.8. The molecular formula is C27H18F7N5O3S. The molecule has 0 N–H and O–H groups in total. The number of aromatic nitrogens is 5. The molecular weight excluding hydrogens is 607 g/mol. The maximum atomic E-state index is 16.0. The van der Waals surface area contributed by atoms with Crippen molar-refractivity contribution in [2.45, 2.75) is 24.4 Å². The quantitative estimate of drug-likeness (QED) is 0.199. The third-order valence-corrected chi connectivity index (χ3v) is 7.32. The Morgan fingerprint density at radius 3 is 2.19 bits per heavy atom. The van der Waals surface area contributed by atoms with Crippen LogP contribution >= 0.6 is 0 Å². The van der Waals surface area contributed by atoms with E-state index in [1.807, 2.05) is 0 Å². The van der Waals surface area contributed by atoms with Gasteiger partial charge in [0.05, 0.1) is 22.5 Å². The highest BCUT2D eigenvalue weighted by atomic mass is 32.2. The minimum absolute atomic E-state index is 0.0566. The standard InChI is InChI=1S/C27H18F7N5O3S/c1-15-36-24(26(29,30)31)14-38(15)25-21(28)11-18(17-4-3-5-20(10-17)43(2,40)41)12-22(25)39-23(13-35-37-39)16-6-8-19(9-7-16)42-27(32,33)34/h3-14H,1-2H3. The molecule has 5 rings (SSSR count). The van der Waals surface area contributed by atoms with E-state index < -0.39 is 45.3 Å². The van der Waals surface area contributed by atoms with Gasteiger partial charge in [0.15, 0.2) is 15.5 Å². The van der Waals surface area contributed by atoms with Crippen molar-refractivity contribution in [2.75, 3.05) is 6.26 Å². The Morgan fingerprint density at radius 1 is 0.884 bits per heavy atom. The first-order chi connectivity index (χ1) is 20.0. The lowest BCUT2D eigenvalue weighted by Crippen LogP contribution is -2.17. The molecule has 0 bridgehead atoms. The van der Waals surface area contributed by atoms with E-state index in [0.29, 0.717) is 6.20 Å². The Hall–Kier alpha value is -4.73. The molecule has 0 radical (unpaired) electrons. The highest BCUT2D eigenvalue weighted by Crippen LogP contribution is 2.36. The lowest BCUT2D eigenvalue weighted by molar-refractivity contribution is -0.274. The zero-order chi connectivity index (χ0) is 31.3. The number of nitrogens with zero attached hydrogens (tertiary/aromatic N) is 5. The fraction of sp³-hybridized carbons (Fsp3) is 0.148. The van der Waals surface area contributed by atoms with Crippen LogP contribution in [0.2, 0.25) is 0 Å². The van der Waals surface area contributed by atoms with Crippen LogP contribution in [-0.4, -0.2) is 45.6 Å². The van der Waals surface area contributed by atoms with Crippen molar-refractivity contribution in [3.63, 3.8) is 0 Å². The molecule has 16 heteroatoms. The van der Waals surface area contributed by atoms with Crippen LogP contribution in [-0.2, 0) is 16.0 Å². The summed E-state index contributed by atoms with van der Waals surface area (Å²) in [5.74, 6) is -1.74. The molecule has 2 heterocycles. The molecule has 224 valence electrons. The monoisotopic (exact) mass is 625 g/mol. The van der Waals surface area contributed by atoms with Crippen LogP contribution in [0, 0.1) is 12.7 Å². The first kappa shape index (κ1) is 29.8. The minimum atomic E-state index is -4.93. The molecule has 0 aliphatic rings. The van der Waals surface area contributed by atoms with E-state index in [0.717, 1.165) is 33.7 Å². The van der Waals surface area contributed by atoms with Crippen molar-refractivity contribution in [3.05, 3.63) is 90.4 Å². The van der Waals surface area contributed by atoms with Crippen molar-refractivity contribution in [1.29, 1.82) is 0 Å². The fourth-order valence-corrected chi connectivity index (χ4v) is 5.00. The van der Waals surface area contributed by atoms with Gasteiger partial charge in [0.2, 0.25) is 0 Å². The van der Waals surface area contributed by atoms with Gasteiger partial charge in [0.1, 0.15) is 23.1 Å². The minimum Gasteiger partial charge on any atom is -0.406 e. The highest BCUT2D eigenvalue weighted by molar-refractivity contribution is 7.90. The Balaban J connectivity index is 1.73. The van der Waals surface area contributed by atoms with Crippen LogP contribution in [0.4, 0.5) is 30.7 Å². The van der Waals surface area contributed by atoms with Gasteiger partial charge in [0, 0.05) is 18.0 Å². The number of alkyl halides is 6. The maximum absolute atomic E-state index is 16.0. The topological polar surface area (TPSA) is 91.9 Å². The molecule has 0 atom stereocenters. The van der Waals surface area contributed by atoms with E-state index >= 15 is 4.39 Å². The lowest BCUT2D eigenvalue weighted by Gasteiger charge is -2.17. The normalized spacial score (nSPS) is 12.5. The molecule has 0 saturated carbocycles. The number of hydrogen-bond donors (Lipinski definition) is 0. The Kier molecular flexibility index (Phi) is 7.28. The van der Waals surface area contributed by atoms with Crippen LogP contribution in [0.1, 0.15) is 11.5 Å². The van der Waals surface area contributed by atoms with Crippen molar-refractivity contribution < 1.29 is 43.9 Å². The molecule has 43 heavy (non-hydrogen) atoms. The zero-order valence-electron chi connectivity index (χ0n) is 21.9. The van der Waals surface area contributed by atoms with Gasteiger partial charge in [-0.05, 0) is 66.6 Å². The summed E-state index contributed by atoms with van der Waals surface area (Å²) in [6.45, 7) is 1.24. The molecule has 0 saturated heterocycles. The predicted octanol–water partition coefficient (Wildman–Crippen LogP) is 6.56. The molecule has 0 spiro atoms. The van der Waals surface area contributed by atoms with E-state index in [1.54, 1.807) is 0 Å². The van der Waals surface area contributed by atoms with Crippen LogP contribution in [0.3, 0.4) is 0 Å². The van der Waals surface area contributed by atoms with E-state index in [2.05, 4.69) is 20.0 Å². The molecule has 0 fully saturated rings. The largest absolute Gasteiger partial charge is 0.573 e. The van der Waals surface area contributed by atoms with Gasteiger partial charge in [0.25, 0.3) is 0 Å². The molecule has 2 aromatic heterocycles. The first-order valence-electron chi connectivity index (χ1n) is 12.1. The van der Waals surface area contributed by atoms with Gasteiger partial charge in [-0.2, -0.15) is 13.2 Å². The summed E-state index contributed by atoms with van der Waals surface area (Å²) in [5, 5.41) is 7.82. The van der Waals surface area contributed by atoms with Gasteiger partial charge in [-0.25, -0.2) is 22.5 Å². The van der Waals surface area contributed by atoms with Crippen LogP contribution in [0.15, 0.2) is 78.0 Å². The molecule has 3 aromatic carbocycles. The van der Waals surface area contributed by atoms with E-state index in [9.17, 15) is 34.8 Å². The number of hydrogen-bond acceptors (Lipinski definition) is 6. The first-order valence-corrected chi connectivity index (χ1v) is 14.0. The smallest absolute Gasteiger partial charge is 0.406 e. The second-order valence-electron chi connectivity index (χ2n) is 9.27. The van der Waals surface area contributed by atoms with Crippen LogP contribution in [0.25, 0.3) is 33.8 Å². The SMILES string of the molecule is Cc1nc(C(F)(F)F)cn1-c1c(F)cc(-c2cccc(S(C)(=O)=O)c2)cc1-n1nncc1-c1ccc(OC(F)(F)F)cc1. The summed E-state index contributed by atoms with van der Waals surface area (Å²) < 4.78 is 124. The fourth-order valence-electron chi connectivity index (χ4n) is 4.33. The number of halogens is 7. The predicted molar refractivity (Wildman–Crippen MR) is 139 cm³/mol. The Labute approximate surface area is 238 Å². The van der Waals surface area contributed by atoms with Gasteiger partial charge in [-0.1, -0.05) is 17.3 Å². The summed E-state index contributed by atoms with van der Waals surface area (Å²) in [5.41, 5.74) is -0.998. The third kappa shape index (κ3) is 6.23. The molecule has 8 nitrogen and oxygen atoms in total. The summed E-state index contributed by atoms with van der Waals surface area (Å²) in [6, 6.07) is 12.6. The Bertz CT molecular complexity index is 1930. The average Bonchev–Trinajstić information content (AvgIpc) is 3.54. The van der Waals surface area contributed by atoms with Gasteiger partial charge < -0.3 is 4.74 Å². The van der Waals surface area contributed by atoms with Crippen molar-refractivity contribution in [3.8, 4) is 39.5 Å². The van der Waals surface area contributed by atoms with Crippen LogP contribution < -0.4 is 4.74 Å². The number of ether oxygens (including phenoxy) is 1. The van der Waals surface area contributed by atoms with E-state index in [1.165, 1.54) is 55.6 Å². The average molecular weight is 626 g/mol. The Morgan fingerprint density at radius 2 is 1.58 bits per heavy atom. The summed E-state index contributed by atoms with van der Waals surface area (Å²) in [6.07, 6.45) is -6.93. The second kappa shape index (κ2) is 10.5. The number of imidazole rings is 1. The van der Waals surface area contributed by atoms with Crippen molar-refractivity contribution in [2.24, 2.45) is 0 Å². The van der Waals surface area contributed by atoms with Crippen LogP contribution in [0.5, 0.6) is 5.75 Å². The van der Waals surface area contributed by atoms with Gasteiger partial charge >= 0.3 is 12.5 Å². The second-order valence-corrected chi connectivity index (χ2v) is 11.3. The lowest BCUT2D eigenvalue weighted by atomic mass is 10.0. The van der Waals surface area contributed by atoms with Crippen molar-refractivity contribution in [1.82, 2.24) is 24.5 Å². The molecule has 0 unspecified atom stereocenters. The molecule has 0 aliphatic carbocycles. The number of aryl methyl sites for hydroxylation is 1. The highest BCUT2D eigenvalue weighted by Gasteiger charge is 2.35. The molecule has 5 aromatic rings. The van der Waals surface area contributed by atoms with E-state index in [4.69, 9.17) is 0 Å². The summed E-state index contributed by atoms with van der Waals surface area (Å²) in [4.78, 5) is 3.46. The summed E-state index contributed by atoms with van der Waals surface area (Å²) in [7, 11) is -3.64. The number of sulfone groups is 1. The number of rotatable bonds is 6. The molecule has 0 aliphatic heterocycles. The third-order valence-electron chi connectivity index (χ3n) is 6.21.